The predicted octanol–water partition coefficient (Wildman–Crippen LogP) is 4.35. The summed E-state index contributed by atoms with van der Waals surface area (Å²) in [5.74, 6) is 0.374. The highest BCUT2D eigenvalue weighted by atomic mass is 32.2. The van der Waals surface area contributed by atoms with E-state index in [4.69, 9.17) is 0 Å². The molecule has 4 heteroatoms. The van der Waals surface area contributed by atoms with Crippen LogP contribution in [0.1, 0.15) is 82.4 Å². The van der Waals surface area contributed by atoms with Crippen molar-refractivity contribution in [2.24, 2.45) is 0 Å². The third kappa shape index (κ3) is 3.61. The summed E-state index contributed by atoms with van der Waals surface area (Å²) in [5, 5.41) is 0. The Morgan fingerprint density at radius 3 is 1.85 bits per heavy atom. The zero-order chi connectivity index (χ0) is 15.7. The third-order valence-corrected chi connectivity index (χ3v) is 4.82. The van der Waals surface area contributed by atoms with Gasteiger partial charge in [-0.1, -0.05) is 53.7 Å². The van der Waals surface area contributed by atoms with E-state index < -0.39 is 10.1 Å². The lowest BCUT2D eigenvalue weighted by atomic mass is 9.88. The standard InChI is InChI=1S/C16H26O3S/c1-7-12(6)15-9-13(10(2)3)8-14(11(4)5)16(15)20(17,18)19/h8-12H,7H2,1-6H3,(H,17,18,19)/p-1. The molecule has 0 aromatic heterocycles. The Labute approximate surface area is 123 Å². The highest BCUT2D eigenvalue weighted by molar-refractivity contribution is 7.85. The van der Waals surface area contributed by atoms with E-state index in [0.717, 1.165) is 12.0 Å². The van der Waals surface area contributed by atoms with Crippen LogP contribution in [0.2, 0.25) is 0 Å². The molecule has 0 heterocycles. The molecule has 0 aliphatic rings. The molecule has 0 fully saturated rings. The largest absolute Gasteiger partial charge is 0.744 e. The van der Waals surface area contributed by atoms with Gasteiger partial charge in [-0.05, 0) is 40.9 Å². The van der Waals surface area contributed by atoms with Crippen molar-refractivity contribution in [3.63, 3.8) is 0 Å². The molecule has 20 heavy (non-hydrogen) atoms. The van der Waals surface area contributed by atoms with Crippen LogP contribution in [0.4, 0.5) is 0 Å². The molecule has 0 N–H and O–H groups in total. The Balaban J connectivity index is 3.76. The first-order chi connectivity index (χ1) is 9.09. The fraction of sp³-hybridized carbons (Fsp3) is 0.625. The van der Waals surface area contributed by atoms with Gasteiger partial charge in [0.2, 0.25) is 0 Å². The summed E-state index contributed by atoms with van der Waals surface area (Å²) in [7, 11) is -4.46. The molecule has 0 aliphatic carbocycles. The summed E-state index contributed by atoms with van der Waals surface area (Å²) in [4.78, 5) is 0.00579. The van der Waals surface area contributed by atoms with Gasteiger partial charge < -0.3 is 4.55 Å². The van der Waals surface area contributed by atoms with Crippen molar-refractivity contribution < 1.29 is 13.0 Å². The van der Waals surface area contributed by atoms with Gasteiger partial charge in [0.15, 0.2) is 0 Å². The Hall–Kier alpha value is -0.870. The zero-order valence-corrected chi connectivity index (χ0v) is 14.0. The molecule has 1 aromatic carbocycles. The van der Waals surface area contributed by atoms with E-state index in [-0.39, 0.29) is 16.7 Å². The molecule has 0 spiro atoms. The molecule has 0 bridgehead atoms. The van der Waals surface area contributed by atoms with E-state index in [9.17, 15) is 13.0 Å². The van der Waals surface area contributed by atoms with Crippen LogP contribution in [0.3, 0.4) is 0 Å². The van der Waals surface area contributed by atoms with Crippen LogP contribution in [0, 0.1) is 0 Å². The lowest BCUT2D eigenvalue weighted by Crippen LogP contribution is -2.12. The second-order valence-electron chi connectivity index (χ2n) is 6.10. The normalized spacial score (nSPS) is 14.1. The van der Waals surface area contributed by atoms with Crippen molar-refractivity contribution in [3.05, 3.63) is 28.8 Å². The molecule has 1 unspecified atom stereocenters. The quantitative estimate of drug-likeness (QED) is 0.759. The Bertz CT molecular complexity index is 572. The van der Waals surface area contributed by atoms with Gasteiger partial charge in [-0.25, -0.2) is 8.42 Å². The van der Waals surface area contributed by atoms with Gasteiger partial charge in [0.25, 0.3) is 0 Å². The second kappa shape index (κ2) is 6.27. The highest BCUT2D eigenvalue weighted by Crippen LogP contribution is 2.35. The van der Waals surface area contributed by atoms with Gasteiger partial charge in [-0.2, -0.15) is 0 Å². The molecule has 1 aromatic rings. The molecule has 1 atom stereocenters. The molecule has 114 valence electrons. The molecule has 0 amide bonds. The monoisotopic (exact) mass is 297 g/mol. The first-order valence-corrected chi connectivity index (χ1v) is 8.64. The van der Waals surface area contributed by atoms with E-state index in [1.54, 1.807) is 0 Å². The van der Waals surface area contributed by atoms with Crippen LogP contribution in [0.25, 0.3) is 0 Å². The number of hydrogen-bond donors (Lipinski definition) is 0. The topological polar surface area (TPSA) is 57.2 Å². The maximum Gasteiger partial charge on any atom is 0.124 e. The summed E-state index contributed by atoms with van der Waals surface area (Å²) in [6.45, 7) is 12.0. The minimum absolute atomic E-state index is 0.00579. The van der Waals surface area contributed by atoms with Crippen LogP contribution in [-0.2, 0) is 10.1 Å². The molecule has 0 saturated heterocycles. The minimum atomic E-state index is -4.46. The van der Waals surface area contributed by atoms with Crippen LogP contribution in [0.5, 0.6) is 0 Å². The third-order valence-electron chi connectivity index (χ3n) is 3.85. The van der Waals surface area contributed by atoms with E-state index in [1.165, 1.54) is 0 Å². The smallest absolute Gasteiger partial charge is 0.124 e. The highest BCUT2D eigenvalue weighted by Gasteiger charge is 2.21. The van der Waals surface area contributed by atoms with Crippen molar-refractivity contribution >= 4 is 10.1 Å². The van der Waals surface area contributed by atoms with Gasteiger partial charge in [0, 0.05) is 0 Å². The summed E-state index contributed by atoms with van der Waals surface area (Å²) in [6, 6.07) is 3.78. The molecule has 1 rings (SSSR count). The van der Waals surface area contributed by atoms with E-state index in [2.05, 4.69) is 13.8 Å². The number of rotatable bonds is 5. The minimum Gasteiger partial charge on any atom is -0.744 e. The van der Waals surface area contributed by atoms with Gasteiger partial charge >= 0.3 is 0 Å². The SMILES string of the molecule is CCC(C)c1cc(C(C)C)cc(C(C)C)c1S(=O)(=O)[O-]. The van der Waals surface area contributed by atoms with Crippen molar-refractivity contribution in [2.75, 3.05) is 0 Å². The van der Waals surface area contributed by atoms with Crippen molar-refractivity contribution in [2.45, 2.75) is 70.6 Å². The Morgan fingerprint density at radius 1 is 1.00 bits per heavy atom. The van der Waals surface area contributed by atoms with Crippen molar-refractivity contribution in [3.8, 4) is 0 Å². The number of benzene rings is 1. The lowest BCUT2D eigenvalue weighted by molar-refractivity contribution is 0.459. The molecule has 3 nitrogen and oxygen atoms in total. The van der Waals surface area contributed by atoms with Gasteiger partial charge in [-0.15, -0.1) is 0 Å². The fourth-order valence-corrected chi connectivity index (χ4v) is 3.47. The first-order valence-electron chi connectivity index (χ1n) is 7.23. The second-order valence-corrected chi connectivity index (χ2v) is 7.42. The maximum absolute atomic E-state index is 11.7. The summed E-state index contributed by atoms with van der Waals surface area (Å²) in [6.07, 6.45) is 0.807. The molecular weight excluding hydrogens is 272 g/mol. The number of hydrogen-bond acceptors (Lipinski definition) is 3. The van der Waals surface area contributed by atoms with Crippen LogP contribution < -0.4 is 0 Å². The Kier molecular flexibility index (Phi) is 5.39. The lowest BCUT2D eigenvalue weighted by Gasteiger charge is -2.25. The predicted molar refractivity (Wildman–Crippen MR) is 81.3 cm³/mol. The molecular formula is C16H25O3S-. The average molecular weight is 297 g/mol. The molecule has 0 radical (unpaired) electrons. The van der Waals surface area contributed by atoms with Crippen LogP contribution in [0.15, 0.2) is 17.0 Å². The summed E-state index contributed by atoms with van der Waals surface area (Å²) < 4.78 is 35.2. The van der Waals surface area contributed by atoms with Crippen molar-refractivity contribution in [1.82, 2.24) is 0 Å². The molecule has 0 saturated carbocycles. The van der Waals surface area contributed by atoms with Crippen LogP contribution >= 0.6 is 0 Å². The van der Waals surface area contributed by atoms with Gasteiger partial charge in [-0.3, -0.25) is 0 Å². The van der Waals surface area contributed by atoms with E-state index in [1.807, 2.05) is 39.8 Å². The van der Waals surface area contributed by atoms with Gasteiger partial charge in [0.1, 0.15) is 10.1 Å². The first kappa shape index (κ1) is 17.2. The molecule has 0 aliphatic heterocycles. The summed E-state index contributed by atoms with van der Waals surface area (Å²) >= 11 is 0. The van der Waals surface area contributed by atoms with Crippen LogP contribution in [-0.4, -0.2) is 13.0 Å². The van der Waals surface area contributed by atoms with E-state index >= 15 is 0 Å². The van der Waals surface area contributed by atoms with Crippen molar-refractivity contribution in [1.29, 1.82) is 0 Å². The Morgan fingerprint density at radius 2 is 1.50 bits per heavy atom. The van der Waals surface area contributed by atoms with E-state index in [0.29, 0.717) is 17.0 Å². The average Bonchev–Trinajstić information content (AvgIpc) is 2.34. The maximum atomic E-state index is 11.7. The van der Waals surface area contributed by atoms with Gasteiger partial charge in [0.05, 0.1) is 4.90 Å². The fourth-order valence-electron chi connectivity index (χ4n) is 2.34. The zero-order valence-electron chi connectivity index (χ0n) is 13.2. The summed E-state index contributed by atoms with van der Waals surface area (Å²) in [5.41, 5.74) is 2.43.